The highest BCUT2D eigenvalue weighted by molar-refractivity contribution is 5.86. The summed E-state index contributed by atoms with van der Waals surface area (Å²) in [6.45, 7) is 0.218. The molecule has 0 saturated heterocycles. The molecule has 6 nitrogen and oxygen atoms in total. The van der Waals surface area contributed by atoms with E-state index in [1.54, 1.807) is 0 Å². The summed E-state index contributed by atoms with van der Waals surface area (Å²) in [5.74, 6) is -2.20. The van der Waals surface area contributed by atoms with Crippen LogP contribution in [0.1, 0.15) is 6.42 Å². The zero-order valence-corrected chi connectivity index (χ0v) is 11.0. The number of aliphatic carboxylic acids is 1. The van der Waals surface area contributed by atoms with Gasteiger partial charge in [0.05, 0.1) is 18.4 Å². The Morgan fingerprint density at radius 1 is 1.26 bits per heavy atom. The molecule has 1 saturated carbocycles. The molecule has 19 heavy (non-hydrogen) atoms. The molecule has 4 atom stereocenters. The van der Waals surface area contributed by atoms with Crippen molar-refractivity contribution >= 4 is 11.9 Å². The smallest absolute Gasteiger partial charge is 0.307 e. The van der Waals surface area contributed by atoms with Crippen LogP contribution < -0.4 is 5.32 Å². The molecule has 0 radical (unpaired) electrons. The number of carboxylic acid groups (broad SMARTS) is 1. The van der Waals surface area contributed by atoms with Crippen molar-refractivity contribution in [1.29, 1.82) is 0 Å². The van der Waals surface area contributed by atoms with Crippen LogP contribution >= 0.6 is 0 Å². The summed E-state index contributed by atoms with van der Waals surface area (Å²) >= 11 is 0. The Morgan fingerprint density at radius 3 is 2.37 bits per heavy atom. The second-order valence-corrected chi connectivity index (χ2v) is 4.98. The van der Waals surface area contributed by atoms with E-state index in [0.29, 0.717) is 0 Å². The molecule has 6 heteroatoms. The third kappa shape index (κ3) is 2.64. The average Bonchev–Trinajstić information content (AvgIpc) is 2.99. The number of ether oxygens (including phenoxy) is 2. The SMILES string of the molecule is COC(CNC(=O)C1C2C=CC(C2)C1C(=O)O)OC. The molecule has 0 aromatic rings. The van der Waals surface area contributed by atoms with Gasteiger partial charge in [0.1, 0.15) is 0 Å². The Bertz CT molecular complexity index is 390. The number of methoxy groups -OCH3 is 2. The molecule has 2 aliphatic carbocycles. The quantitative estimate of drug-likeness (QED) is 0.533. The first kappa shape index (κ1) is 14.0. The van der Waals surface area contributed by atoms with Crippen molar-refractivity contribution < 1.29 is 24.2 Å². The predicted molar refractivity (Wildman–Crippen MR) is 66.2 cm³/mol. The summed E-state index contributed by atoms with van der Waals surface area (Å²) < 4.78 is 9.96. The van der Waals surface area contributed by atoms with E-state index in [1.807, 2.05) is 12.2 Å². The number of fused-ring (bicyclic) bond motifs is 2. The molecule has 2 N–H and O–H groups in total. The maximum atomic E-state index is 12.2. The molecule has 0 aromatic carbocycles. The molecule has 0 heterocycles. The minimum atomic E-state index is -0.896. The minimum Gasteiger partial charge on any atom is -0.481 e. The molecule has 0 aliphatic heterocycles. The molecule has 0 spiro atoms. The second-order valence-electron chi connectivity index (χ2n) is 4.98. The largest absolute Gasteiger partial charge is 0.481 e. The van der Waals surface area contributed by atoms with E-state index < -0.39 is 24.1 Å². The van der Waals surface area contributed by atoms with E-state index in [1.165, 1.54) is 14.2 Å². The van der Waals surface area contributed by atoms with Gasteiger partial charge in [-0.1, -0.05) is 12.2 Å². The summed E-state index contributed by atoms with van der Waals surface area (Å²) in [5.41, 5.74) is 0. The van der Waals surface area contributed by atoms with Gasteiger partial charge in [-0.05, 0) is 18.3 Å². The molecule has 1 fully saturated rings. The molecular formula is C13H19NO5. The van der Waals surface area contributed by atoms with Crippen LogP contribution in [0.2, 0.25) is 0 Å². The highest BCUT2D eigenvalue weighted by Crippen LogP contribution is 2.48. The van der Waals surface area contributed by atoms with E-state index in [-0.39, 0.29) is 24.3 Å². The molecule has 4 unspecified atom stereocenters. The second kappa shape index (κ2) is 5.71. The minimum absolute atomic E-state index is 0.0149. The normalized spacial score (nSPS) is 31.9. The third-order valence-electron chi connectivity index (χ3n) is 4.02. The van der Waals surface area contributed by atoms with Crippen LogP contribution in [0.25, 0.3) is 0 Å². The molecular weight excluding hydrogens is 250 g/mol. The van der Waals surface area contributed by atoms with E-state index in [0.717, 1.165) is 6.42 Å². The summed E-state index contributed by atoms with van der Waals surface area (Å²) in [6.07, 6.45) is 4.12. The van der Waals surface area contributed by atoms with Gasteiger partial charge in [0.15, 0.2) is 6.29 Å². The van der Waals surface area contributed by atoms with E-state index in [4.69, 9.17) is 9.47 Å². The maximum absolute atomic E-state index is 12.2. The lowest BCUT2D eigenvalue weighted by atomic mass is 9.82. The van der Waals surface area contributed by atoms with Gasteiger partial charge < -0.3 is 19.9 Å². The van der Waals surface area contributed by atoms with Crippen molar-refractivity contribution in [3.8, 4) is 0 Å². The molecule has 0 aromatic heterocycles. The van der Waals surface area contributed by atoms with Crippen molar-refractivity contribution in [1.82, 2.24) is 5.32 Å². The van der Waals surface area contributed by atoms with Crippen LogP contribution in [0.3, 0.4) is 0 Å². The first-order chi connectivity index (χ1) is 9.08. The highest BCUT2D eigenvalue weighted by atomic mass is 16.7. The average molecular weight is 269 g/mol. The lowest BCUT2D eigenvalue weighted by Crippen LogP contribution is -2.43. The van der Waals surface area contributed by atoms with Crippen LogP contribution in [0.4, 0.5) is 0 Å². The summed E-state index contributed by atoms with van der Waals surface area (Å²) in [4.78, 5) is 23.5. The van der Waals surface area contributed by atoms with Crippen LogP contribution in [-0.4, -0.2) is 44.0 Å². The number of carbonyl (C=O) groups is 2. The predicted octanol–water partition coefficient (Wildman–Crippen LogP) is 0.244. The van der Waals surface area contributed by atoms with Crippen molar-refractivity contribution in [2.24, 2.45) is 23.7 Å². The van der Waals surface area contributed by atoms with Gasteiger partial charge in [-0.3, -0.25) is 9.59 Å². The van der Waals surface area contributed by atoms with Gasteiger partial charge in [-0.2, -0.15) is 0 Å². The topological polar surface area (TPSA) is 84.9 Å². The van der Waals surface area contributed by atoms with E-state index in [2.05, 4.69) is 5.32 Å². The van der Waals surface area contributed by atoms with Gasteiger partial charge in [0.2, 0.25) is 5.91 Å². The van der Waals surface area contributed by atoms with Crippen LogP contribution in [-0.2, 0) is 19.1 Å². The van der Waals surface area contributed by atoms with Gasteiger partial charge in [-0.15, -0.1) is 0 Å². The van der Waals surface area contributed by atoms with Gasteiger partial charge in [0, 0.05) is 14.2 Å². The number of nitrogens with one attached hydrogen (secondary N) is 1. The van der Waals surface area contributed by atoms with Crippen molar-refractivity contribution in [3.63, 3.8) is 0 Å². The maximum Gasteiger partial charge on any atom is 0.307 e. The first-order valence-corrected chi connectivity index (χ1v) is 6.33. The third-order valence-corrected chi connectivity index (χ3v) is 4.02. The van der Waals surface area contributed by atoms with Crippen molar-refractivity contribution in [2.75, 3.05) is 20.8 Å². The number of allylic oxidation sites excluding steroid dienone is 2. The molecule has 2 aliphatic rings. The van der Waals surface area contributed by atoms with Crippen molar-refractivity contribution in [2.45, 2.75) is 12.7 Å². The van der Waals surface area contributed by atoms with Gasteiger partial charge >= 0.3 is 5.97 Å². The van der Waals surface area contributed by atoms with Crippen LogP contribution in [0.15, 0.2) is 12.2 Å². The monoisotopic (exact) mass is 269 g/mol. The highest BCUT2D eigenvalue weighted by Gasteiger charge is 2.51. The fourth-order valence-electron chi connectivity index (χ4n) is 3.08. The molecule has 106 valence electrons. The lowest BCUT2D eigenvalue weighted by Gasteiger charge is -2.24. The lowest BCUT2D eigenvalue weighted by molar-refractivity contribution is -0.148. The molecule has 1 amide bonds. The van der Waals surface area contributed by atoms with Crippen molar-refractivity contribution in [3.05, 3.63) is 12.2 Å². The Balaban J connectivity index is 1.98. The zero-order valence-electron chi connectivity index (χ0n) is 11.0. The van der Waals surface area contributed by atoms with Crippen LogP contribution in [0, 0.1) is 23.7 Å². The van der Waals surface area contributed by atoms with E-state index in [9.17, 15) is 14.7 Å². The molecule has 2 bridgehead atoms. The number of rotatable bonds is 6. The Morgan fingerprint density at radius 2 is 1.84 bits per heavy atom. The Labute approximate surface area is 111 Å². The van der Waals surface area contributed by atoms with E-state index >= 15 is 0 Å². The number of carbonyl (C=O) groups excluding carboxylic acids is 1. The Kier molecular flexibility index (Phi) is 4.21. The number of carboxylic acids is 1. The fraction of sp³-hybridized carbons (Fsp3) is 0.692. The first-order valence-electron chi connectivity index (χ1n) is 6.33. The fourth-order valence-corrected chi connectivity index (χ4v) is 3.08. The zero-order chi connectivity index (χ0) is 14.0. The molecule has 2 rings (SSSR count). The number of hydrogen-bond donors (Lipinski definition) is 2. The number of hydrogen-bond acceptors (Lipinski definition) is 4. The van der Waals surface area contributed by atoms with Crippen LogP contribution in [0.5, 0.6) is 0 Å². The summed E-state index contributed by atoms with van der Waals surface area (Å²) in [5, 5.41) is 12.0. The standard InChI is InChI=1S/C13H19NO5/c1-18-9(19-2)6-14-12(15)10-7-3-4-8(5-7)11(10)13(16)17/h3-4,7-11H,5-6H2,1-2H3,(H,14,15)(H,16,17). The Hall–Kier alpha value is -1.40. The van der Waals surface area contributed by atoms with Gasteiger partial charge in [-0.25, -0.2) is 0 Å². The number of amides is 1. The summed E-state index contributed by atoms with van der Waals surface area (Å²) in [6, 6.07) is 0. The van der Waals surface area contributed by atoms with Gasteiger partial charge in [0.25, 0.3) is 0 Å². The summed E-state index contributed by atoms with van der Waals surface area (Å²) in [7, 11) is 2.97.